The van der Waals surface area contributed by atoms with Crippen LogP contribution in [0.1, 0.15) is 115 Å². The first-order chi connectivity index (χ1) is 59.0. The van der Waals surface area contributed by atoms with Gasteiger partial charge in [-0.25, -0.2) is 8.42 Å². The molecule has 674 valence electrons. The average molecular weight is 1780 g/mol. The van der Waals surface area contributed by atoms with Crippen molar-refractivity contribution in [2.45, 2.75) is 115 Å². The summed E-state index contributed by atoms with van der Waals surface area (Å²) in [6.45, 7) is 22.3. The number of Topliss-reactive ketones (excluding diaryl/α,β-unsaturated/α-hetero) is 2. The standard InChI is InChI=1S/C45H54N6O10S.C29H31N2O2.C17H28N4O9S/c1-27(52)28-22-37(60-9)38(25-36(28)51(55)56)61-21-20-48(6)19-18-46-43(54)33(26-62(57,58)59)47-41-29(23-39-44(2,3)31-14-10-12-16-34(31)49(39)7)42(53)30(41)24-40-45(4,5)32-15-11-13-17-35(32)50(40)8;1-28(2)20-12-8-10-14-22(20)30(5)24(28)16-18-26(32)19(27(18)33-7)17-25-29(3,4)21-13-9-11-15-23(21)31(25)6;1-11(22)12-8-15(29-3)16(9-14(12)21(24)25)30-7-6-20(2)5-4-19-17(23)13(18)10-31(26,27)28/h10-17,22-25,27,33,52H,18-21,26H2,1-9H3,(H2-,46,47,53,54,57,58,59);8-17H,1-7H3;8-9,11,13,22H,4-7,10,18H2,1-3H3,(H,19,23)(H,26,27,28)/q;+1;/p+3. The van der Waals surface area contributed by atoms with Crippen LogP contribution in [0, 0.1) is 20.2 Å². The lowest BCUT2D eigenvalue weighted by atomic mass is 9.77. The molecule has 0 saturated heterocycles. The van der Waals surface area contributed by atoms with Crippen LogP contribution < -0.4 is 60.2 Å². The van der Waals surface area contributed by atoms with Gasteiger partial charge in [-0.2, -0.15) is 17.6 Å². The Morgan fingerprint density at radius 2 is 0.944 bits per heavy atom. The van der Waals surface area contributed by atoms with E-state index in [4.69, 9.17) is 28.2 Å². The predicted molar refractivity (Wildman–Crippen MR) is 475 cm³/mol. The molecule has 6 aromatic rings. The lowest BCUT2D eigenvalue weighted by molar-refractivity contribution is -0.878. The zero-order valence-corrected chi connectivity index (χ0v) is 76.3. The van der Waals surface area contributed by atoms with Crippen LogP contribution in [0.15, 0.2) is 191 Å². The van der Waals surface area contributed by atoms with Gasteiger partial charge in [-0.05, 0) is 89.1 Å². The third kappa shape index (κ3) is 20.5. The molecule has 126 heavy (non-hydrogen) atoms. The molecular formula is C91H116N12O21S2+4. The van der Waals surface area contributed by atoms with E-state index in [0.29, 0.717) is 43.1 Å². The largest absolute Gasteiger partial charge is 0.748 e. The van der Waals surface area contributed by atoms with Gasteiger partial charge in [0.25, 0.3) is 27.4 Å². The maximum Gasteiger partial charge on any atom is 0.279 e. The number of quaternary nitrogens is 3. The van der Waals surface area contributed by atoms with Crippen LogP contribution in [-0.4, -0.2) is 230 Å². The highest BCUT2D eigenvalue weighted by Gasteiger charge is 2.50. The van der Waals surface area contributed by atoms with Crippen molar-refractivity contribution in [1.29, 1.82) is 0 Å². The monoisotopic (exact) mass is 1780 g/mol. The second-order valence-corrected chi connectivity index (χ2v) is 37.1. The van der Waals surface area contributed by atoms with Crippen molar-refractivity contribution >= 4 is 89.2 Å². The fraction of sp³-hybridized carbons (Fsp3) is 0.407. The maximum absolute atomic E-state index is 14.3. The number of nitro groups is 2. The fourth-order valence-electron chi connectivity index (χ4n) is 16.9. The van der Waals surface area contributed by atoms with E-state index in [2.05, 4.69) is 149 Å². The predicted octanol–water partition coefficient (Wildman–Crippen LogP) is 5.53. The van der Waals surface area contributed by atoms with E-state index in [1.54, 1.807) is 19.3 Å². The molecule has 6 aliphatic rings. The molecule has 0 radical (unpaired) electrons. The molecule has 0 saturated carbocycles. The second kappa shape index (κ2) is 38.6. The van der Waals surface area contributed by atoms with Crippen LogP contribution in [-0.2, 0) is 65.8 Å². The number of rotatable bonds is 33. The van der Waals surface area contributed by atoms with Crippen molar-refractivity contribution in [2.24, 2.45) is 0 Å². The number of hydrogen-bond donors (Lipinski definition) is 9. The smallest absolute Gasteiger partial charge is 0.279 e. The van der Waals surface area contributed by atoms with Crippen LogP contribution in [0.4, 0.5) is 34.1 Å². The summed E-state index contributed by atoms with van der Waals surface area (Å²) in [6.07, 6.45) is 5.43. The number of carbonyl (C=O) groups excluding carboxylic acids is 4. The summed E-state index contributed by atoms with van der Waals surface area (Å²) in [6, 6.07) is 35.2. The summed E-state index contributed by atoms with van der Waals surface area (Å²) in [4.78, 5) is 81.1. The summed E-state index contributed by atoms with van der Waals surface area (Å²) in [5.41, 5.74) is 16.5. The first-order valence-corrected chi connectivity index (χ1v) is 44.3. The van der Waals surface area contributed by atoms with E-state index in [1.807, 2.05) is 98.3 Å². The molecule has 6 aromatic carbocycles. The van der Waals surface area contributed by atoms with E-state index < -0.39 is 88.5 Å². The lowest BCUT2D eigenvalue weighted by Gasteiger charge is -2.32. The molecule has 4 aliphatic heterocycles. The number of nitrogens with one attached hydrogen (secondary N) is 5. The highest BCUT2D eigenvalue weighted by Crippen LogP contribution is 2.51. The SMILES string of the molecule is COC1=C(C=C2N(C)c3ccccc3C2(C)C)C(=O)C1=CC1=[N+](C)c2ccccc2C1(C)C.COc1cc(C(C)O)c([N+](=O)[O-])cc1OCC[NH+](C)CCNC(=O)C(CS(=O)(=O)[O-])NC1=C(C=C2N(C)c3ccccc3C2(C)C)C(=O)C1=CC1=[N+](C)c2ccccc2C1(C)C.COc1cc(C(C)O)c([N+](=O)[O-])cc1OCC[NH+](C)CCNC(=O)C([NH3+])CS(=O)(=O)O. The van der Waals surface area contributed by atoms with E-state index >= 15 is 0 Å². The maximum atomic E-state index is 14.3. The minimum absolute atomic E-state index is 0.0344. The minimum Gasteiger partial charge on any atom is -0.748 e. The number of hydrogen-bond acceptors (Lipinski definition) is 23. The molecule has 0 aromatic heterocycles. The van der Waals surface area contributed by atoms with Gasteiger partial charge in [0.15, 0.2) is 46.2 Å². The van der Waals surface area contributed by atoms with Crippen LogP contribution in [0.5, 0.6) is 23.0 Å². The van der Waals surface area contributed by atoms with Crippen LogP contribution >= 0.6 is 0 Å². The number of amides is 2. The van der Waals surface area contributed by atoms with E-state index in [1.165, 1.54) is 74.8 Å². The number of likely N-dealkylation sites (N-methyl/N-ethyl adjacent to an activating group) is 4. The third-order valence-corrected chi connectivity index (χ3v) is 25.6. The molecule has 2 aliphatic carbocycles. The molecule has 6 unspecified atom stereocenters. The van der Waals surface area contributed by atoms with Crippen molar-refractivity contribution in [1.82, 2.24) is 16.0 Å². The molecule has 33 nitrogen and oxygen atoms in total. The molecule has 4 heterocycles. The van der Waals surface area contributed by atoms with Gasteiger partial charge >= 0.3 is 0 Å². The van der Waals surface area contributed by atoms with Crippen molar-refractivity contribution in [3.8, 4) is 23.0 Å². The second-order valence-electron chi connectivity index (χ2n) is 34.2. The Morgan fingerprint density at radius 3 is 1.33 bits per heavy atom. The number of carbonyl (C=O) groups is 4. The first-order valence-electron chi connectivity index (χ1n) is 41.1. The number of aliphatic hydroxyl groups is 2. The number of methoxy groups -OCH3 is 3. The lowest BCUT2D eigenvalue weighted by Crippen LogP contribution is -3.10. The zero-order chi connectivity index (χ0) is 92.9. The van der Waals surface area contributed by atoms with Crippen LogP contribution in [0.2, 0.25) is 0 Å². The number of nitrogens with zero attached hydrogens (tertiary/aromatic N) is 6. The van der Waals surface area contributed by atoms with Gasteiger partial charge in [-0.15, -0.1) is 0 Å². The number of para-hydroxylation sites is 4. The summed E-state index contributed by atoms with van der Waals surface area (Å²) in [5, 5.41) is 51.0. The number of benzene rings is 6. The van der Waals surface area contributed by atoms with Gasteiger partial charge in [0.05, 0.1) is 156 Å². The highest BCUT2D eigenvalue weighted by atomic mass is 32.2. The van der Waals surface area contributed by atoms with Gasteiger partial charge in [0, 0.05) is 88.7 Å². The molecule has 0 spiro atoms. The number of nitro benzene ring substituents is 2. The third-order valence-electron chi connectivity index (χ3n) is 24.1. The number of ketones is 2. The quantitative estimate of drug-likeness (QED) is 0.00804. The normalized spacial score (nSPS) is 19.0. The van der Waals surface area contributed by atoms with Crippen molar-refractivity contribution < 1.29 is 114 Å². The summed E-state index contributed by atoms with van der Waals surface area (Å²) < 4.78 is 99.2. The Morgan fingerprint density at radius 1 is 0.556 bits per heavy atom. The Kier molecular flexibility index (Phi) is 29.5. The number of aliphatic hydroxyl groups excluding tert-OH is 2. The number of anilines is 2. The summed E-state index contributed by atoms with van der Waals surface area (Å²) in [7, 11) is 6.83. The van der Waals surface area contributed by atoms with Crippen LogP contribution in [0.3, 0.4) is 0 Å². The molecule has 2 amide bonds. The molecule has 11 N–H and O–H groups in total. The molecule has 0 fully saturated rings. The summed E-state index contributed by atoms with van der Waals surface area (Å²) >= 11 is 0. The van der Waals surface area contributed by atoms with Crippen molar-refractivity contribution in [3.05, 3.63) is 244 Å². The first kappa shape index (κ1) is 96.4. The molecule has 35 heteroatoms. The zero-order valence-electron chi connectivity index (χ0n) is 74.6. The molecule has 0 bridgehead atoms. The number of allylic oxidation sites excluding steroid dienone is 10. The van der Waals surface area contributed by atoms with Gasteiger partial charge in [-0.1, -0.05) is 100 Å². The van der Waals surface area contributed by atoms with Gasteiger partial charge in [-0.3, -0.25) is 44.0 Å². The molecule has 6 atom stereocenters. The Bertz CT molecular complexity index is 5820. The topological polar surface area (TPSA) is 438 Å². The Labute approximate surface area is 734 Å². The number of fused-ring (bicyclic) bond motifs is 4. The van der Waals surface area contributed by atoms with Crippen molar-refractivity contribution in [2.75, 3.05) is 137 Å². The minimum atomic E-state index is -4.95. The Balaban J connectivity index is 0.000000217. The van der Waals surface area contributed by atoms with Crippen LogP contribution in [0.25, 0.3) is 0 Å². The molecular weight excluding hydrogens is 1660 g/mol. The Hall–Kier alpha value is -11.8. The van der Waals surface area contributed by atoms with Gasteiger partial charge < -0.3 is 79.7 Å². The fourth-order valence-corrected chi connectivity index (χ4v) is 18.2. The number of ether oxygens (including phenoxy) is 5. The van der Waals surface area contributed by atoms with E-state index in [9.17, 15) is 71.0 Å². The molecule has 12 rings (SSSR count). The van der Waals surface area contributed by atoms with Crippen molar-refractivity contribution in [3.63, 3.8) is 0 Å². The van der Waals surface area contributed by atoms with Gasteiger partial charge in [0.2, 0.25) is 23.1 Å². The highest BCUT2D eigenvalue weighted by molar-refractivity contribution is 7.86. The average Bonchev–Trinajstić information content (AvgIpc) is 1.55. The summed E-state index contributed by atoms with van der Waals surface area (Å²) in [5.74, 6) is -1.98. The van der Waals surface area contributed by atoms with E-state index in [0.717, 1.165) is 55.1 Å². The van der Waals surface area contributed by atoms with E-state index in [-0.39, 0.29) is 111 Å². The van der Waals surface area contributed by atoms with Gasteiger partial charge in [0.1, 0.15) is 58.0 Å².